The van der Waals surface area contributed by atoms with E-state index in [0.29, 0.717) is 6.42 Å². The quantitative estimate of drug-likeness (QED) is 0.348. The van der Waals surface area contributed by atoms with Crippen LogP contribution in [0.1, 0.15) is 37.8 Å². The van der Waals surface area contributed by atoms with E-state index in [1.807, 2.05) is 29.9 Å². The van der Waals surface area contributed by atoms with Crippen molar-refractivity contribution in [1.29, 1.82) is 0 Å². The highest BCUT2D eigenvalue weighted by atomic mass is 16.1. The molecule has 0 aliphatic heterocycles. The maximum atomic E-state index is 10.4. The largest absolute Gasteiger partial charge is 0.303 e. The van der Waals surface area contributed by atoms with E-state index in [-0.39, 0.29) is 0 Å². The Bertz CT molecular complexity index is 1080. The van der Waals surface area contributed by atoms with Crippen LogP contribution in [0.3, 0.4) is 0 Å². The minimum atomic E-state index is 0.668. The van der Waals surface area contributed by atoms with Gasteiger partial charge in [0, 0.05) is 42.5 Å². The average molecular weight is 361 g/mol. The minimum absolute atomic E-state index is 0.668. The Morgan fingerprint density at radius 1 is 1.15 bits per heavy atom. The summed E-state index contributed by atoms with van der Waals surface area (Å²) in [5.41, 5.74) is 4.95. The predicted molar refractivity (Wildman–Crippen MR) is 106 cm³/mol. The van der Waals surface area contributed by atoms with Crippen LogP contribution in [0.2, 0.25) is 0 Å². The second kappa shape index (κ2) is 7.70. The highest BCUT2D eigenvalue weighted by molar-refractivity contribution is 5.83. The second-order valence-corrected chi connectivity index (χ2v) is 6.88. The van der Waals surface area contributed by atoms with Crippen LogP contribution in [-0.4, -0.2) is 30.4 Å². The minimum Gasteiger partial charge on any atom is -0.303 e. The molecule has 6 heteroatoms. The Kier molecular flexibility index (Phi) is 4.96. The average Bonchev–Trinajstić information content (AvgIpc) is 3.31. The molecule has 0 saturated heterocycles. The van der Waals surface area contributed by atoms with Crippen molar-refractivity contribution in [3.63, 3.8) is 0 Å². The van der Waals surface area contributed by atoms with Crippen molar-refractivity contribution < 1.29 is 4.79 Å². The molecule has 4 aromatic rings. The summed E-state index contributed by atoms with van der Waals surface area (Å²) in [5.74, 6) is 0. The first-order valence-electron chi connectivity index (χ1n) is 9.46. The van der Waals surface area contributed by atoms with Gasteiger partial charge in [-0.2, -0.15) is 5.10 Å². The molecule has 0 N–H and O–H groups in total. The fraction of sp³-hybridized carbons (Fsp3) is 0.333. The summed E-state index contributed by atoms with van der Waals surface area (Å²) in [5, 5.41) is 5.69. The van der Waals surface area contributed by atoms with Gasteiger partial charge in [-0.15, -0.1) is 0 Å². The molecule has 0 atom stereocenters. The van der Waals surface area contributed by atoms with Crippen LogP contribution < -0.4 is 0 Å². The molecule has 0 spiro atoms. The van der Waals surface area contributed by atoms with Crippen LogP contribution in [0.25, 0.3) is 27.8 Å². The molecule has 0 amide bonds. The van der Waals surface area contributed by atoms with Gasteiger partial charge in [0.05, 0.1) is 23.1 Å². The zero-order valence-electron chi connectivity index (χ0n) is 15.5. The molecule has 3 heterocycles. The second-order valence-electron chi connectivity index (χ2n) is 6.88. The van der Waals surface area contributed by atoms with E-state index in [0.717, 1.165) is 72.0 Å². The topological polar surface area (TPSA) is 65.1 Å². The van der Waals surface area contributed by atoms with Crippen molar-refractivity contribution in [2.24, 2.45) is 0 Å². The summed E-state index contributed by atoms with van der Waals surface area (Å²) in [6.07, 6.45) is 13.6. The number of benzene rings is 1. The van der Waals surface area contributed by atoms with Crippen molar-refractivity contribution in [2.75, 3.05) is 0 Å². The molecule has 0 aliphatic carbocycles. The van der Waals surface area contributed by atoms with Crippen LogP contribution in [0.15, 0.2) is 43.0 Å². The number of aldehydes is 1. The first kappa shape index (κ1) is 17.4. The third kappa shape index (κ3) is 3.60. The molecule has 6 nitrogen and oxygen atoms in total. The third-order valence-electron chi connectivity index (χ3n) is 4.92. The number of aryl methyl sites for hydroxylation is 2. The van der Waals surface area contributed by atoms with Crippen molar-refractivity contribution in [2.45, 2.75) is 45.6 Å². The Labute approximate surface area is 157 Å². The van der Waals surface area contributed by atoms with Crippen molar-refractivity contribution in [1.82, 2.24) is 24.1 Å². The Morgan fingerprint density at radius 2 is 2.04 bits per heavy atom. The lowest BCUT2D eigenvalue weighted by Crippen LogP contribution is -2.00. The van der Waals surface area contributed by atoms with Crippen LogP contribution in [0.5, 0.6) is 0 Å². The maximum Gasteiger partial charge on any atom is 0.158 e. The van der Waals surface area contributed by atoms with Crippen LogP contribution in [0.4, 0.5) is 0 Å². The number of carbonyl (C=O) groups is 1. The smallest absolute Gasteiger partial charge is 0.158 e. The molecular formula is C21H23N5O. The molecule has 4 rings (SSSR count). The van der Waals surface area contributed by atoms with Gasteiger partial charge < -0.3 is 9.20 Å². The number of imidazole rings is 1. The Morgan fingerprint density at radius 3 is 2.93 bits per heavy atom. The highest BCUT2D eigenvalue weighted by Crippen LogP contribution is 2.24. The first-order valence-corrected chi connectivity index (χ1v) is 9.46. The predicted octanol–water partition coefficient (Wildman–Crippen LogP) is 4.20. The molecule has 138 valence electrons. The third-order valence-corrected chi connectivity index (χ3v) is 4.92. The molecule has 3 aromatic heterocycles. The molecule has 0 radical (unpaired) electrons. The first-order chi connectivity index (χ1) is 13.3. The van der Waals surface area contributed by atoms with E-state index in [9.17, 15) is 4.79 Å². The van der Waals surface area contributed by atoms with Crippen molar-refractivity contribution in [3.8, 4) is 11.3 Å². The van der Waals surface area contributed by atoms with Gasteiger partial charge in [-0.05, 0) is 25.8 Å². The number of fused-ring (bicyclic) bond motifs is 2. The van der Waals surface area contributed by atoms with Crippen LogP contribution in [0, 0.1) is 6.92 Å². The Hall–Kier alpha value is -3.02. The van der Waals surface area contributed by atoms with Gasteiger partial charge >= 0.3 is 0 Å². The van der Waals surface area contributed by atoms with Gasteiger partial charge in [-0.25, -0.2) is 9.97 Å². The van der Waals surface area contributed by atoms with E-state index in [2.05, 4.69) is 33.0 Å². The molecule has 0 aliphatic rings. The van der Waals surface area contributed by atoms with E-state index < -0.39 is 0 Å². The lowest BCUT2D eigenvalue weighted by molar-refractivity contribution is -0.107. The van der Waals surface area contributed by atoms with E-state index in [1.165, 1.54) is 0 Å². The van der Waals surface area contributed by atoms with Crippen molar-refractivity contribution >= 4 is 22.8 Å². The number of carbonyl (C=O) groups excluding carboxylic acids is 1. The fourth-order valence-corrected chi connectivity index (χ4v) is 3.48. The van der Waals surface area contributed by atoms with Gasteiger partial charge in [0.15, 0.2) is 5.65 Å². The molecule has 0 saturated carbocycles. The lowest BCUT2D eigenvalue weighted by atomic mass is 10.1. The number of aromatic nitrogens is 5. The monoisotopic (exact) mass is 361 g/mol. The maximum absolute atomic E-state index is 10.4. The molecule has 27 heavy (non-hydrogen) atoms. The van der Waals surface area contributed by atoms with Crippen LogP contribution in [-0.2, 0) is 11.3 Å². The SMILES string of the molecule is Cc1nc(-c2ccc3cnn(CCCCCCC=O)c3c2)cn2ccnc12. The number of unbranched alkanes of at least 4 members (excludes halogenated alkanes) is 4. The molecular weight excluding hydrogens is 338 g/mol. The summed E-state index contributed by atoms with van der Waals surface area (Å²) in [7, 11) is 0. The van der Waals surface area contributed by atoms with Crippen LogP contribution >= 0.6 is 0 Å². The zero-order valence-corrected chi connectivity index (χ0v) is 15.5. The van der Waals surface area contributed by atoms with Gasteiger partial charge in [0.25, 0.3) is 0 Å². The summed E-state index contributed by atoms with van der Waals surface area (Å²) in [6.45, 7) is 2.88. The van der Waals surface area contributed by atoms with Gasteiger partial charge in [0.2, 0.25) is 0 Å². The normalized spacial score (nSPS) is 11.4. The van der Waals surface area contributed by atoms with Gasteiger partial charge in [-0.1, -0.05) is 25.0 Å². The molecule has 0 fully saturated rings. The van der Waals surface area contributed by atoms with Gasteiger partial charge in [0.1, 0.15) is 6.29 Å². The number of hydrogen-bond acceptors (Lipinski definition) is 4. The summed E-state index contributed by atoms with van der Waals surface area (Å²) in [4.78, 5) is 19.4. The standard InChI is InChI=1S/C21H23N5O/c1-16-21-22-9-11-25(21)15-19(24-16)17-7-8-18-14-23-26(20(18)13-17)10-5-3-2-4-6-12-27/h7-9,11-15H,2-6,10H2,1H3. The summed E-state index contributed by atoms with van der Waals surface area (Å²) in [6, 6.07) is 6.37. The molecule has 0 bridgehead atoms. The lowest BCUT2D eigenvalue weighted by Gasteiger charge is -2.07. The van der Waals surface area contributed by atoms with Crippen molar-refractivity contribution in [3.05, 3.63) is 48.7 Å². The number of rotatable bonds is 8. The van der Waals surface area contributed by atoms with Gasteiger partial charge in [-0.3, -0.25) is 4.68 Å². The number of hydrogen-bond donors (Lipinski definition) is 0. The fourth-order valence-electron chi connectivity index (χ4n) is 3.48. The zero-order chi connectivity index (χ0) is 18.6. The molecule has 1 aromatic carbocycles. The summed E-state index contributed by atoms with van der Waals surface area (Å²) < 4.78 is 4.08. The Balaban J connectivity index is 1.56. The van der Waals surface area contributed by atoms with E-state index in [1.54, 1.807) is 6.20 Å². The molecule has 0 unspecified atom stereocenters. The highest BCUT2D eigenvalue weighted by Gasteiger charge is 2.09. The summed E-state index contributed by atoms with van der Waals surface area (Å²) >= 11 is 0. The number of nitrogens with zero attached hydrogens (tertiary/aromatic N) is 5. The van der Waals surface area contributed by atoms with E-state index in [4.69, 9.17) is 4.98 Å². The van der Waals surface area contributed by atoms with E-state index >= 15 is 0 Å².